The Morgan fingerprint density at radius 3 is 2.15 bits per heavy atom. The summed E-state index contributed by atoms with van der Waals surface area (Å²) in [5, 5.41) is 2.26. The van der Waals surface area contributed by atoms with Crippen molar-refractivity contribution >= 4 is 38.9 Å². The van der Waals surface area contributed by atoms with Crippen LogP contribution in [0.25, 0.3) is 27.6 Å². The molecule has 47 heavy (non-hydrogen) atoms. The Morgan fingerprint density at radius 1 is 0.723 bits per heavy atom. The summed E-state index contributed by atoms with van der Waals surface area (Å²) in [6, 6.07) is 32.9. The van der Waals surface area contributed by atoms with Gasteiger partial charge in [0.15, 0.2) is 0 Å². The fourth-order valence-corrected chi connectivity index (χ4v) is 6.19. The van der Waals surface area contributed by atoms with Gasteiger partial charge in [-0.15, -0.1) is 47.0 Å². The minimum atomic E-state index is -0.0938. The van der Waals surface area contributed by atoms with Gasteiger partial charge in [-0.2, -0.15) is 12.7 Å². The minimum Gasteiger partial charge on any atom is -0.509 e. The van der Waals surface area contributed by atoms with Gasteiger partial charge in [0.05, 0.1) is 0 Å². The van der Waals surface area contributed by atoms with Crippen molar-refractivity contribution < 1.29 is 25.8 Å². The fourth-order valence-electron chi connectivity index (χ4n) is 6.19. The first-order valence-electron chi connectivity index (χ1n) is 15.9. The van der Waals surface area contributed by atoms with E-state index in [4.69, 9.17) is 9.72 Å². The van der Waals surface area contributed by atoms with Crippen LogP contribution in [0.5, 0.6) is 11.5 Å². The van der Waals surface area contributed by atoms with Crippen molar-refractivity contribution in [2.24, 2.45) is 0 Å². The predicted molar refractivity (Wildman–Crippen MR) is 191 cm³/mol. The van der Waals surface area contributed by atoms with Crippen LogP contribution >= 0.6 is 0 Å². The van der Waals surface area contributed by atoms with Crippen LogP contribution < -0.4 is 14.5 Å². The van der Waals surface area contributed by atoms with Crippen LogP contribution in [0.3, 0.4) is 0 Å². The van der Waals surface area contributed by atoms with Gasteiger partial charge in [-0.25, -0.2) is 4.98 Å². The molecule has 6 heteroatoms. The summed E-state index contributed by atoms with van der Waals surface area (Å²) in [6.45, 7) is 19.8. The van der Waals surface area contributed by atoms with Crippen molar-refractivity contribution in [1.82, 2.24) is 9.55 Å². The number of fused-ring (bicyclic) bond motifs is 4. The molecule has 3 heterocycles. The summed E-state index contributed by atoms with van der Waals surface area (Å²) >= 11 is 0. The van der Waals surface area contributed by atoms with Crippen molar-refractivity contribution in [2.75, 3.05) is 16.8 Å². The maximum absolute atomic E-state index is 6.65. The first-order chi connectivity index (χ1) is 21.8. The average molecular weight is 801 g/mol. The van der Waals surface area contributed by atoms with Gasteiger partial charge in [0.1, 0.15) is 5.82 Å². The molecule has 0 bridgehead atoms. The van der Waals surface area contributed by atoms with Crippen LogP contribution in [0.4, 0.5) is 17.1 Å². The Bertz CT molecular complexity index is 2130. The van der Waals surface area contributed by atoms with Crippen molar-refractivity contribution in [3.8, 4) is 17.3 Å². The van der Waals surface area contributed by atoms with Gasteiger partial charge < -0.3 is 19.1 Å². The Morgan fingerprint density at radius 2 is 1.43 bits per heavy atom. The number of rotatable bonds is 4. The van der Waals surface area contributed by atoms with Gasteiger partial charge in [0, 0.05) is 55.7 Å². The molecule has 4 aromatic carbocycles. The Hall–Kier alpha value is -4.08. The van der Waals surface area contributed by atoms with Crippen molar-refractivity contribution in [2.45, 2.75) is 66.2 Å². The molecule has 1 aliphatic rings. The van der Waals surface area contributed by atoms with Gasteiger partial charge in [-0.1, -0.05) is 65.3 Å². The van der Waals surface area contributed by atoms with Crippen molar-refractivity contribution in [1.29, 1.82) is 0 Å². The van der Waals surface area contributed by atoms with Crippen molar-refractivity contribution in [3.63, 3.8) is 0 Å². The number of aryl methyl sites for hydroxylation is 2. The largest absolute Gasteiger partial charge is 0.509 e. The zero-order valence-electron chi connectivity index (χ0n) is 28.6. The van der Waals surface area contributed by atoms with E-state index in [2.05, 4.69) is 162 Å². The van der Waals surface area contributed by atoms with E-state index in [1.54, 1.807) is 0 Å². The Balaban J connectivity index is 0.00000386. The van der Waals surface area contributed by atoms with E-state index in [9.17, 15) is 0 Å². The third kappa shape index (κ3) is 5.95. The molecular formula is C41H41N4OPt-3. The van der Waals surface area contributed by atoms with E-state index in [-0.39, 0.29) is 31.9 Å². The molecule has 0 amide bonds. The van der Waals surface area contributed by atoms with Gasteiger partial charge in [0.25, 0.3) is 0 Å². The summed E-state index contributed by atoms with van der Waals surface area (Å²) in [5.74, 6) is 2.15. The second kappa shape index (κ2) is 11.9. The first kappa shape index (κ1) is 32.8. The van der Waals surface area contributed by atoms with E-state index in [1.807, 2.05) is 12.3 Å². The zero-order chi connectivity index (χ0) is 32.5. The maximum Gasteiger partial charge on any atom is 0.135 e. The molecule has 2 aromatic heterocycles. The summed E-state index contributed by atoms with van der Waals surface area (Å²) in [5.41, 5.74) is 10.1. The molecule has 0 atom stereocenters. The number of ether oxygens (including phenoxy) is 1. The number of hydrogen-bond acceptors (Lipinski definition) is 4. The van der Waals surface area contributed by atoms with Crippen LogP contribution in [-0.2, 0) is 31.9 Å². The van der Waals surface area contributed by atoms with Crippen molar-refractivity contribution in [3.05, 3.63) is 120 Å². The number of hydrogen-bond donors (Lipinski definition) is 0. The van der Waals surface area contributed by atoms with Crippen LogP contribution in [0.15, 0.2) is 79.0 Å². The molecule has 244 valence electrons. The van der Waals surface area contributed by atoms with Gasteiger partial charge >= 0.3 is 0 Å². The third-order valence-corrected chi connectivity index (χ3v) is 9.09. The molecule has 0 unspecified atom stereocenters. The molecule has 0 radical (unpaired) electrons. The molecule has 0 N–H and O–H groups in total. The predicted octanol–water partition coefficient (Wildman–Crippen LogP) is 10.5. The molecule has 0 fully saturated rings. The number of pyridine rings is 1. The van der Waals surface area contributed by atoms with Gasteiger partial charge in [-0.05, 0) is 84.1 Å². The number of nitrogens with zero attached hydrogens (tertiary/aromatic N) is 4. The molecule has 0 saturated heterocycles. The zero-order valence-corrected chi connectivity index (χ0v) is 30.9. The number of para-hydroxylation sites is 1. The molecule has 0 aliphatic carbocycles. The number of benzene rings is 4. The molecule has 0 spiro atoms. The van der Waals surface area contributed by atoms with Gasteiger partial charge in [-0.3, -0.25) is 0 Å². The molecule has 6 aromatic rings. The van der Waals surface area contributed by atoms with E-state index in [0.29, 0.717) is 11.5 Å². The maximum atomic E-state index is 6.65. The number of aromatic nitrogens is 2. The summed E-state index contributed by atoms with van der Waals surface area (Å²) in [7, 11) is 2.09. The quantitative estimate of drug-likeness (QED) is 0.166. The average Bonchev–Trinajstić information content (AvgIpc) is 3.50. The molecule has 5 nitrogen and oxygen atoms in total. The van der Waals surface area contributed by atoms with Crippen LogP contribution in [0.1, 0.15) is 63.8 Å². The standard InChI is InChI=1S/C41H41N4O.Pt/c1-26-18-37-38(19-27(26)2)44(25-43(37)9)30-20-29(41(6,7)8)21-32(23-30)46-31-14-15-34-33-12-10-11-13-35(33)45(36(34)24-31)39-22-28(16-17-42-39)40(3,4)5;/h10-22,25H,1-9H3;/q-3;. The monoisotopic (exact) mass is 800 g/mol. The Labute approximate surface area is 293 Å². The van der Waals surface area contributed by atoms with Gasteiger partial charge in [0.2, 0.25) is 0 Å². The minimum absolute atomic E-state index is 0. The molecule has 0 saturated carbocycles. The molecule has 7 rings (SSSR count). The second-order valence-electron chi connectivity index (χ2n) is 14.6. The first-order valence-corrected chi connectivity index (χ1v) is 15.9. The number of anilines is 3. The summed E-state index contributed by atoms with van der Waals surface area (Å²) in [4.78, 5) is 9.20. The second-order valence-corrected chi connectivity index (χ2v) is 14.6. The molecular weight excluding hydrogens is 760 g/mol. The van der Waals surface area contributed by atoms with E-state index < -0.39 is 0 Å². The topological polar surface area (TPSA) is 33.5 Å². The smallest absolute Gasteiger partial charge is 0.135 e. The third-order valence-electron chi connectivity index (χ3n) is 9.09. The molecule has 1 aliphatic heterocycles. The van der Waals surface area contributed by atoms with E-state index in [0.717, 1.165) is 39.0 Å². The van der Waals surface area contributed by atoms with E-state index in [1.165, 1.54) is 27.9 Å². The van der Waals surface area contributed by atoms with E-state index >= 15 is 0 Å². The summed E-state index contributed by atoms with van der Waals surface area (Å²) < 4.78 is 8.84. The Kier molecular flexibility index (Phi) is 8.29. The van der Waals surface area contributed by atoms with Crippen LogP contribution in [0, 0.1) is 32.6 Å². The van der Waals surface area contributed by atoms with Crippen LogP contribution in [-0.4, -0.2) is 16.6 Å². The van der Waals surface area contributed by atoms with Crippen LogP contribution in [0.2, 0.25) is 0 Å². The normalized spacial score (nSPS) is 13.3. The fraction of sp³-hybridized carbons (Fsp3) is 0.268. The SMILES string of the molecule is Cc1cc2c(cc1C)N(c1[c-]c(Oc3[c-]c4c(cc3)c3ccccc3n4-c3cc(C(C)(C)C)ccn3)cc(C(C)(C)C)c1)[CH-]N2C.[Pt]. The summed E-state index contributed by atoms with van der Waals surface area (Å²) in [6.07, 6.45) is 1.90.